The molecule has 2 rings (SSSR count). The minimum Gasteiger partial charge on any atom is -0.308 e. The molecule has 3 nitrogen and oxygen atoms in total. The maximum Gasteiger partial charge on any atom is 0.227 e. The van der Waals surface area contributed by atoms with Crippen molar-refractivity contribution in [3.05, 3.63) is 59.9 Å². The van der Waals surface area contributed by atoms with Gasteiger partial charge in [0.2, 0.25) is 5.91 Å². The lowest BCUT2D eigenvalue weighted by Crippen LogP contribution is -2.30. The molecule has 0 radical (unpaired) electrons. The summed E-state index contributed by atoms with van der Waals surface area (Å²) in [5.41, 5.74) is 3.16. The van der Waals surface area contributed by atoms with Gasteiger partial charge in [-0.05, 0) is 42.7 Å². The highest BCUT2D eigenvalue weighted by Crippen LogP contribution is 2.20. The Balaban J connectivity index is 2.23. The molecule has 0 bridgehead atoms. The van der Waals surface area contributed by atoms with E-state index in [-0.39, 0.29) is 5.91 Å². The molecule has 0 N–H and O–H groups in total. The van der Waals surface area contributed by atoms with E-state index in [0.717, 1.165) is 29.7 Å². The van der Waals surface area contributed by atoms with Crippen molar-refractivity contribution in [3.8, 4) is 0 Å². The van der Waals surface area contributed by atoms with Crippen molar-refractivity contribution in [2.75, 3.05) is 4.90 Å². The topological polar surface area (TPSA) is 33.2 Å². The van der Waals surface area contributed by atoms with Gasteiger partial charge in [-0.2, -0.15) is 0 Å². The van der Waals surface area contributed by atoms with Gasteiger partial charge in [0, 0.05) is 24.5 Å². The molecule has 0 saturated heterocycles. The lowest BCUT2D eigenvalue weighted by molar-refractivity contribution is -0.118. The predicted molar refractivity (Wildman–Crippen MR) is 86.1 cm³/mol. The maximum absolute atomic E-state index is 12.5. The third-order valence-electron chi connectivity index (χ3n) is 3.42. The summed E-state index contributed by atoms with van der Waals surface area (Å²) in [6, 6.07) is 12.0. The standard InChI is InChI=1S/C18H22N2O/c1-3-4-10-18(21)20(14-16-8-6-11-19-13-16)17-9-5-7-15(2)12-17/h5-9,11-13H,3-4,10,14H2,1-2H3. The molecule has 21 heavy (non-hydrogen) atoms. The van der Waals surface area contributed by atoms with E-state index in [0.29, 0.717) is 13.0 Å². The van der Waals surface area contributed by atoms with Gasteiger partial charge in [-0.3, -0.25) is 9.78 Å². The number of aryl methyl sites for hydroxylation is 1. The Kier molecular flexibility index (Phi) is 5.50. The molecule has 1 heterocycles. The average Bonchev–Trinajstić information content (AvgIpc) is 2.51. The molecule has 2 aromatic rings. The molecule has 0 atom stereocenters. The average molecular weight is 282 g/mol. The fraction of sp³-hybridized carbons (Fsp3) is 0.333. The quantitative estimate of drug-likeness (QED) is 0.798. The van der Waals surface area contributed by atoms with Crippen LogP contribution in [0.1, 0.15) is 37.3 Å². The molecule has 1 aromatic heterocycles. The van der Waals surface area contributed by atoms with Gasteiger partial charge in [-0.15, -0.1) is 0 Å². The SMILES string of the molecule is CCCCC(=O)N(Cc1cccnc1)c1cccc(C)c1. The van der Waals surface area contributed by atoms with E-state index in [1.165, 1.54) is 0 Å². The second-order valence-electron chi connectivity index (χ2n) is 5.28. The Morgan fingerprint density at radius 3 is 2.76 bits per heavy atom. The highest BCUT2D eigenvalue weighted by atomic mass is 16.2. The molecule has 0 aliphatic carbocycles. The Morgan fingerprint density at radius 2 is 2.10 bits per heavy atom. The molecule has 0 spiro atoms. The monoisotopic (exact) mass is 282 g/mol. The number of hydrogen-bond donors (Lipinski definition) is 0. The fourth-order valence-corrected chi connectivity index (χ4v) is 2.26. The summed E-state index contributed by atoms with van der Waals surface area (Å²) < 4.78 is 0. The van der Waals surface area contributed by atoms with Gasteiger partial charge >= 0.3 is 0 Å². The first kappa shape index (κ1) is 15.2. The van der Waals surface area contributed by atoms with Gasteiger partial charge < -0.3 is 4.90 Å². The van der Waals surface area contributed by atoms with Crippen LogP contribution in [0, 0.1) is 6.92 Å². The largest absolute Gasteiger partial charge is 0.308 e. The molecule has 3 heteroatoms. The van der Waals surface area contributed by atoms with E-state index in [9.17, 15) is 4.79 Å². The van der Waals surface area contributed by atoms with E-state index < -0.39 is 0 Å². The summed E-state index contributed by atoms with van der Waals surface area (Å²) in [5, 5.41) is 0. The number of hydrogen-bond acceptors (Lipinski definition) is 2. The lowest BCUT2D eigenvalue weighted by atomic mass is 10.1. The number of nitrogens with zero attached hydrogens (tertiary/aromatic N) is 2. The third-order valence-corrected chi connectivity index (χ3v) is 3.42. The zero-order chi connectivity index (χ0) is 15.1. The summed E-state index contributed by atoms with van der Waals surface area (Å²) in [4.78, 5) is 18.5. The van der Waals surface area contributed by atoms with Crippen LogP contribution in [0.3, 0.4) is 0 Å². The molecule has 0 fully saturated rings. The Labute approximate surface area is 126 Å². The number of pyridine rings is 1. The number of aromatic nitrogens is 1. The van der Waals surface area contributed by atoms with Gasteiger partial charge in [-0.1, -0.05) is 31.5 Å². The molecule has 1 amide bonds. The Hall–Kier alpha value is -2.16. The Bertz CT molecular complexity index is 581. The van der Waals surface area contributed by atoms with Crippen molar-refractivity contribution in [1.82, 2.24) is 4.98 Å². The molecule has 0 aliphatic rings. The molecular weight excluding hydrogens is 260 g/mol. The van der Waals surface area contributed by atoms with Crippen LogP contribution in [0.2, 0.25) is 0 Å². The van der Waals surface area contributed by atoms with Crippen LogP contribution in [-0.4, -0.2) is 10.9 Å². The summed E-state index contributed by atoms with van der Waals surface area (Å²) in [5.74, 6) is 0.173. The molecular formula is C18H22N2O. The lowest BCUT2D eigenvalue weighted by Gasteiger charge is -2.23. The van der Waals surface area contributed by atoms with E-state index in [1.54, 1.807) is 6.20 Å². The van der Waals surface area contributed by atoms with Crippen molar-refractivity contribution < 1.29 is 4.79 Å². The van der Waals surface area contributed by atoms with Gasteiger partial charge in [0.25, 0.3) is 0 Å². The minimum absolute atomic E-state index is 0.173. The number of amides is 1. The van der Waals surface area contributed by atoms with Crippen LogP contribution < -0.4 is 4.90 Å². The molecule has 110 valence electrons. The number of carbonyl (C=O) groups is 1. The second kappa shape index (κ2) is 7.58. The minimum atomic E-state index is 0.173. The number of rotatable bonds is 6. The number of carbonyl (C=O) groups excluding carboxylic acids is 1. The van der Waals surface area contributed by atoms with E-state index in [2.05, 4.69) is 18.0 Å². The van der Waals surface area contributed by atoms with Crippen LogP contribution in [0.15, 0.2) is 48.8 Å². The van der Waals surface area contributed by atoms with Crippen LogP contribution >= 0.6 is 0 Å². The van der Waals surface area contributed by atoms with Gasteiger partial charge in [-0.25, -0.2) is 0 Å². The first-order valence-electron chi connectivity index (χ1n) is 7.46. The van der Waals surface area contributed by atoms with Crippen LogP contribution in [0.25, 0.3) is 0 Å². The normalized spacial score (nSPS) is 10.4. The molecule has 0 unspecified atom stereocenters. The third kappa shape index (κ3) is 4.42. The van der Waals surface area contributed by atoms with Crippen LogP contribution in [0.4, 0.5) is 5.69 Å². The predicted octanol–water partition coefficient (Wildman–Crippen LogP) is 4.11. The van der Waals surface area contributed by atoms with E-state index >= 15 is 0 Å². The van der Waals surface area contributed by atoms with Crippen molar-refractivity contribution >= 4 is 11.6 Å². The summed E-state index contributed by atoms with van der Waals surface area (Å²) in [6.45, 7) is 4.72. The van der Waals surface area contributed by atoms with Gasteiger partial charge in [0.15, 0.2) is 0 Å². The first-order valence-corrected chi connectivity index (χ1v) is 7.46. The van der Waals surface area contributed by atoms with Crippen molar-refractivity contribution in [2.24, 2.45) is 0 Å². The van der Waals surface area contributed by atoms with Crippen molar-refractivity contribution in [2.45, 2.75) is 39.7 Å². The van der Waals surface area contributed by atoms with Crippen molar-refractivity contribution in [3.63, 3.8) is 0 Å². The van der Waals surface area contributed by atoms with Crippen molar-refractivity contribution in [1.29, 1.82) is 0 Å². The summed E-state index contributed by atoms with van der Waals surface area (Å²) in [7, 11) is 0. The summed E-state index contributed by atoms with van der Waals surface area (Å²) in [6.07, 6.45) is 6.11. The van der Waals surface area contributed by atoms with E-state index in [1.807, 2.05) is 48.4 Å². The Morgan fingerprint density at radius 1 is 1.24 bits per heavy atom. The summed E-state index contributed by atoms with van der Waals surface area (Å²) >= 11 is 0. The van der Waals surface area contributed by atoms with E-state index in [4.69, 9.17) is 0 Å². The number of unbranched alkanes of at least 4 members (excludes halogenated alkanes) is 1. The first-order chi connectivity index (χ1) is 10.2. The zero-order valence-electron chi connectivity index (χ0n) is 12.7. The number of benzene rings is 1. The smallest absolute Gasteiger partial charge is 0.227 e. The van der Waals surface area contributed by atoms with Crippen LogP contribution in [0.5, 0.6) is 0 Å². The highest BCUT2D eigenvalue weighted by Gasteiger charge is 2.15. The molecule has 0 aliphatic heterocycles. The molecule has 0 saturated carbocycles. The highest BCUT2D eigenvalue weighted by molar-refractivity contribution is 5.93. The van der Waals surface area contributed by atoms with Gasteiger partial charge in [0.1, 0.15) is 0 Å². The second-order valence-corrected chi connectivity index (χ2v) is 5.28. The van der Waals surface area contributed by atoms with Crippen LogP contribution in [-0.2, 0) is 11.3 Å². The zero-order valence-corrected chi connectivity index (χ0v) is 12.7. The molecule has 1 aromatic carbocycles. The number of anilines is 1. The van der Waals surface area contributed by atoms with Gasteiger partial charge in [0.05, 0.1) is 6.54 Å². The maximum atomic E-state index is 12.5. The fourth-order valence-electron chi connectivity index (χ4n) is 2.26.